The highest BCUT2D eigenvalue weighted by atomic mass is 16.3. The van der Waals surface area contributed by atoms with Crippen molar-refractivity contribution in [1.82, 2.24) is 5.32 Å². The molecular formula is C11H17NO. The molecule has 0 aliphatic heterocycles. The molecule has 0 bridgehead atoms. The third-order valence-corrected chi connectivity index (χ3v) is 2.63. The monoisotopic (exact) mass is 179 g/mol. The molecule has 0 spiro atoms. The summed E-state index contributed by atoms with van der Waals surface area (Å²) >= 11 is 0. The van der Waals surface area contributed by atoms with E-state index < -0.39 is 5.60 Å². The molecule has 2 nitrogen and oxygen atoms in total. The molecule has 0 aromatic heterocycles. The predicted octanol–water partition coefficient (Wildman–Crippen LogP) is 1.50. The van der Waals surface area contributed by atoms with E-state index in [1.54, 1.807) is 0 Å². The van der Waals surface area contributed by atoms with Crippen molar-refractivity contribution in [3.8, 4) is 0 Å². The number of nitrogens with one attached hydrogen (secondary N) is 1. The first-order valence-electron chi connectivity index (χ1n) is 4.54. The zero-order valence-electron chi connectivity index (χ0n) is 8.41. The maximum atomic E-state index is 10.2. The second-order valence-corrected chi connectivity index (χ2v) is 3.52. The van der Waals surface area contributed by atoms with Gasteiger partial charge in [-0.1, -0.05) is 30.3 Å². The van der Waals surface area contributed by atoms with Crippen molar-refractivity contribution >= 4 is 0 Å². The summed E-state index contributed by atoms with van der Waals surface area (Å²) in [6.45, 7) is 3.79. The molecule has 72 valence electrons. The van der Waals surface area contributed by atoms with Gasteiger partial charge in [0, 0.05) is 6.04 Å². The highest BCUT2D eigenvalue weighted by Crippen LogP contribution is 2.23. The van der Waals surface area contributed by atoms with Gasteiger partial charge in [-0.2, -0.15) is 0 Å². The minimum atomic E-state index is -0.810. The maximum absolute atomic E-state index is 10.2. The maximum Gasteiger partial charge on any atom is 0.102 e. The van der Waals surface area contributed by atoms with Gasteiger partial charge in [0.25, 0.3) is 0 Å². The van der Waals surface area contributed by atoms with Gasteiger partial charge in [0.05, 0.1) is 0 Å². The van der Waals surface area contributed by atoms with Crippen LogP contribution in [0.5, 0.6) is 0 Å². The van der Waals surface area contributed by atoms with Gasteiger partial charge in [-0.25, -0.2) is 0 Å². The molecule has 1 rings (SSSR count). The van der Waals surface area contributed by atoms with Crippen LogP contribution in [0.2, 0.25) is 0 Å². The molecule has 1 aromatic rings. The molecule has 0 saturated carbocycles. The average molecular weight is 179 g/mol. The number of likely N-dealkylation sites (N-methyl/N-ethyl adjacent to an activating group) is 1. The van der Waals surface area contributed by atoms with Gasteiger partial charge >= 0.3 is 0 Å². The Hall–Kier alpha value is -0.860. The van der Waals surface area contributed by atoms with Crippen molar-refractivity contribution in [3.05, 3.63) is 35.9 Å². The van der Waals surface area contributed by atoms with Crippen LogP contribution in [-0.2, 0) is 5.60 Å². The summed E-state index contributed by atoms with van der Waals surface area (Å²) in [6, 6.07) is 9.74. The van der Waals surface area contributed by atoms with Crippen LogP contribution < -0.4 is 5.32 Å². The summed E-state index contributed by atoms with van der Waals surface area (Å²) in [5, 5.41) is 13.2. The molecule has 0 aliphatic rings. The van der Waals surface area contributed by atoms with Crippen molar-refractivity contribution in [1.29, 1.82) is 0 Å². The molecule has 1 aromatic carbocycles. The average Bonchev–Trinajstić information content (AvgIpc) is 2.18. The van der Waals surface area contributed by atoms with Gasteiger partial charge in [-0.15, -0.1) is 0 Å². The smallest absolute Gasteiger partial charge is 0.102 e. The fourth-order valence-electron chi connectivity index (χ4n) is 1.31. The fraction of sp³-hybridized carbons (Fsp3) is 0.455. The molecule has 2 N–H and O–H groups in total. The summed E-state index contributed by atoms with van der Waals surface area (Å²) in [5.41, 5.74) is 0.132. The van der Waals surface area contributed by atoms with Gasteiger partial charge in [0.2, 0.25) is 0 Å². The summed E-state index contributed by atoms with van der Waals surface area (Å²) in [7, 11) is 1.85. The van der Waals surface area contributed by atoms with Crippen LogP contribution in [0.25, 0.3) is 0 Å². The molecule has 0 fully saturated rings. The molecule has 2 heteroatoms. The normalized spacial score (nSPS) is 17.8. The Balaban J connectivity index is 2.93. The number of benzene rings is 1. The van der Waals surface area contributed by atoms with Gasteiger partial charge in [-0.3, -0.25) is 0 Å². The molecule has 1 unspecified atom stereocenters. The first-order valence-corrected chi connectivity index (χ1v) is 4.54. The lowest BCUT2D eigenvalue weighted by molar-refractivity contribution is 0.0242. The number of rotatable bonds is 3. The Bertz CT molecular complexity index is 256. The predicted molar refractivity (Wildman–Crippen MR) is 54.5 cm³/mol. The molecule has 0 amide bonds. The van der Waals surface area contributed by atoms with Gasteiger partial charge in [0.1, 0.15) is 5.60 Å². The topological polar surface area (TPSA) is 32.3 Å². The Kier molecular flexibility index (Phi) is 3.07. The van der Waals surface area contributed by atoms with E-state index in [1.165, 1.54) is 0 Å². The molecular weight excluding hydrogens is 162 g/mol. The fourth-order valence-corrected chi connectivity index (χ4v) is 1.31. The highest BCUT2D eigenvalue weighted by Gasteiger charge is 2.28. The molecule has 13 heavy (non-hydrogen) atoms. The quantitative estimate of drug-likeness (QED) is 0.737. The first-order chi connectivity index (χ1) is 6.09. The van der Waals surface area contributed by atoms with E-state index in [1.807, 2.05) is 51.2 Å². The molecule has 0 saturated heterocycles. The minimum absolute atomic E-state index is 0.0369. The van der Waals surface area contributed by atoms with Crippen molar-refractivity contribution in [3.63, 3.8) is 0 Å². The lowest BCUT2D eigenvalue weighted by atomic mass is 9.89. The van der Waals surface area contributed by atoms with Crippen molar-refractivity contribution in [2.75, 3.05) is 7.05 Å². The van der Waals surface area contributed by atoms with Gasteiger partial charge in [-0.05, 0) is 26.5 Å². The van der Waals surface area contributed by atoms with E-state index in [4.69, 9.17) is 0 Å². The summed E-state index contributed by atoms with van der Waals surface area (Å²) in [5.74, 6) is 0. The zero-order valence-corrected chi connectivity index (χ0v) is 8.41. The number of hydrogen-bond donors (Lipinski definition) is 2. The van der Waals surface area contributed by atoms with Crippen LogP contribution in [-0.4, -0.2) is 18.2 Å². The first kappa shape index (κ1) is 10.2. The standard InChI is InChI=1S/C11H17NO/c1-9(12-3)11(2,13)10-7-5-4-6-8-10/h4-9,12-13H,1-3H3/t9-,11?/m0/s1. The Morgan fingerprint density at radius 3 is 2.31 bits per heavy atom. The van der Waals surface area contributed by atoms with Gasteiger partial charge < -0.3 is 10.4 Å². The molecule has 0 heterocycles. The van der Waals surface area contributed by atoms with E-state index in [-0.39, 0.29) is 6.04 Å². The van der Waals surface area contributed by atoms with Crippen LogP contribution in [0.3, 0.4) is 0 Å². The lowest BCUT2D eigenvalue weighted by Gasteiger charge is -2.30. The van der Waals surface area contributed by atoms with Crippen LogP contribution in [0.15, 0.2) is 30.3 Å². The molecule has 0 radical (unpaired) electrons. The van der Waals surface area contributed by atoms with Crippen LogP contribution in [0.1, 0.15) is 19.4 Å². The molecule has 0 aliphatic carbocycles. The Morgan fingerprint density at radius 2 is 1.85 bits per heavy atom. The van der Waals surface area contributed by atoms with E-state index in [9.17, 15) is 5.11 Å². The van der Waals surface area contributed by atoms with Crippen molar-refractivity contribution < 1.29 is 5.11 Å². The second kappa shape index (κ2) is 3.90. The van der Waals surface area contributed by atoms with E-state index >= 15 is 0 Å². The third-order valence-electron chi connectivity index (χ3n) is 2.63. The van der Waals surface area contributed by atoms with Crippen LogP contribution >= 0.6 is 0 Å². The molecule has 2 atom stereocenters. The zero-order chi connectivity index (χ0) is 9.90. The summed E-state index contributed by atoms with van der Waals surface area (Å²) in [4.78, 5) is 0. The minimum Gasteiger partial charge on any atom is -0.384 e. The van der Waals surface area contributed by atoms with E-state index in [2.05, 4.69) is 5.32 Å². The van der Waals surface area contributed by atoms with E-state index in [0.29, 0.717) is 0 Å². The number of aliphatic hydroxyl groups is 1. The number of hydrogen-bond acceptors (Lipinski definition) is 2. The largest absolute Gasteiger partial charge is 0.384 e. The second-order valence-electron chi connectivity index (χ2n) is 3.52. The van der Waals surface area contributed by atoms with Gasteiger partial charge in [0.15, 0.2) is 0 Å². The van der Waals surface area contributed by atoms with E-state index in [0.717, 1.165) is 5.56 Å². The van der Waals surface area contributed by atoms with Crippen LogP contribution in [0, 0.1) is 0 Å². The van der Waals surface area contributed by atoms with Crippen molar-refractivity contribution in [2.45, 2.75) is 25.5 Å². The Morgan fingerprint density at radius 1 is 1.31 bits per heavy atom. The Labute approximate surface area is 79.6 Å². The van der Waals surface area contributed by atoms with Crippen molar-refractivity contribution in [2.24, 2.45) is 0 Å². The lowest BCUT2D eigenvalue weighted by Crippen LogP contribution is -2.42. The SMILES string of the molecule is CN[C@@H](C)C(C)(O)c1ccccc1. The highest BCUT2D eigenvalue weighted by molar-refractivity contribution is 5.23. The summed E-state index contributed by atoms with van der Waals surface area (Å²) < 4.78 is 0. The third kappa shape index (κ3) is 2.08. The van der Waals surface area contributed by atoms with Crippen LogP contribution in [0.4, 0.5) is 0 Å². The summed E-state index contributed by atoms with van der Waals surface area (Å²) in [6.07, 6.45) is 0.